The molecule has 0 saturated heterocycles. The van der Waals surface area contributed by atoms with Crippen LogP contribution in [0.15, 0.2) is 24.3 Å². The Hall–Kier alpha value is -1.35. The van der Waals surface area contributed by atoms with E-state index in [-0.39, 0.29) is 5.91 Å². The molecule has 3 nitrogen and oxygen atoms in total. The molecule has 0 aliphatic rings. The molecule has 0 aliphatic carbocycles. The van der Waals surface area contributed by atoms with E-state index in [1.807, 2.05) is 19.1 Å². The number of likely N-dealkylation sites (N-methyl/N-ethyl adjacent to an activating group) is 1. The second-order valence-corrected chi connectivity index (χ2v) is 3.81. The summed E-state index contributed by atoms with van der Waals surface area (Å²) in [7, 11) is 0. The summed E-state index contributed by atoms with van der Waals surface area (Å²) in [5.41, 5.74) is 2.58. The third-order valence-electron chi connectivity index (χ3n) is 2.51. The van der Waals surface area contributed by atoms with Crippen molar-refractivity contribution in [1.82, 2.24) is 10.6 Å². The smallest absolute Gasteiger partial charge is 0.233 e. The molecule has 0 atom stereocenters. The van der Waals surface area contributed by atoms with Gasteiger partial charge in [0.1, 0.15) is 0 Å². The highest BCUT2D eigenvalue weighted by atomic mass is 16.1. The first-order valence-electron chi connectivity index (χ1n) is 5.76. The van der Waals surface area contributed by atoms with Gasteiger partial charge in [0.25, 0.3) is 0 Å². The molecule has 0 aromatic heterocycles. The minimum atomic E-state index is 0.0652. The van der Waals surface area contributed by atoms with E-state index in [1.165, 1.54) is 11.1 Å². The molecule has 0 aliphatic heterocycles. The van der Waals surface area contributed by atoms with Gasteiger partial charge >= 0.3 is 0 Å². The normalized spacial score (nSPS) is 10.1. The van der Waals surface area contributed by atoms with E-state index in [9.17, 15) is 4.79 Å². The van der Waals surface area contributed by atoms with Crippen molar-refractivity contribution in [1.29, 1.82) is 0 Å². The maximum atomic E-state index is 11.3. The van der Waals surface area contributed by atoms with Crippen molar-refractivity contribution < 1.29 is 4.79 Å². The van der Waals surface area contributed by atoms with E-state index < -0.39 is 0 Å². The maximum absolute atomic E-state index is 11.3. The van der Waals surface area contributed by atoms with Crippen molar-refractivity contribution in [2.75, 3.05) is 19.6 Å². The molecule has 2 N–H and O–H groups in total. The second kappa shape index (κ2) is 7.01. The van der Waals surface area contributed by atoms with Crippen LogP contribution in [0.25, 0.3) is 0 Å². The zero-order chi connectivity index (χ0) is 11.8. The Labute approximate surface area is 97.2 Å². The van der Waals surface area contributed by atoms with Gasteiger partial charge in [-0.3, -0.25) is 4.79 Å². The fraction of sp³-hybridized carbons (Fsp3) is 0.462. The molecule has 0 saturated carbocycles. The third kappa shape index (κ3) is 4.45. The molecule has 0 bridgehead atoms. The Morgan fingerprint density at radius 1 is 1.31 bits per heavy atom. The lowest BCUT2D eigenvalue weighted by atomic mass is 10.1. The zero-order valence-corrected chi connectivity index (χ0v) is 10.0. The van der Waals surface area contributed by atoms with Gasteiger partial charge in [0.05, 0.1) is 6.54 Å². The van der Waals surface area contributed by atoms with Crippen LogP contribution in [0.1, 0.15) is 18.1 Å². The van der Waals surface area contributed by atoms with E-state index in [2.05, 4.69) is 29.7 Å². The number of nitrogens with one attached hydrogen (secondary N) is 2. The van der Waals surface area contributed by atoms with Gasteiger partial charge in [0.2, 0.25) is 5.91 Å². The van der Waals surface area contributed by atoms with Crippen LogP contribution in [0.3, 0.4) is 0 Å². The van der Waals surface area contributed by atoms with Crippen LogP contribution in [0.5, 0.6) is 0 Å². The molecule has 3 heteroatoms. The highest BCUT2D eigenvalue weighted by molar-refractivity contribution is 5.77. The number of hydrogen-bond donors (Lipinski definition) is 2. The fourth-order valence-corrected chi connectivity index (χ4v) is 1.53. The standard InChI is InChI=1S/C13H20N2O/c1-3-14-10-13(16)15-9-8-12-7-5-4-6-11(12)2/h4-7,14H,3,8-10H2,1-2H3,(H,15,16). The number of hydrogen-bond acceptors (Lipinski definition) is 2. The van der Waals surface area contributed by atoms with E-state index in [4.69, 9.17) is 0 Å². The molecule has 0 radical (unpaired) electrons. The van der Waals surface area contributed by atoms with Crippen LogP contribution in [0.4, 0.5) is 0 Å². The maximum Gasteiger partial charge on any atom is 0.233 e. The van der Waals surface area contributed by atoms with E-state index >= 15 is 0 Å². The second-order valence-electron chi connectivity index (χ2n) is 3.81. The number of benzene rings is 1. The zero-order valence-electron chi connectivity index (χ0n) is 10.0. The van der Waals surface area contributed by atoms with E-state index in [0.29, 0.717) is 13.1 Å². The summed E-state index contributed by atoms with van der Waals surface area (Å²) in [6.45, 7) is 6.01. The molecule has 0 spiro atoms. The third-order valence-corrected chi connectivity index (χ3v) is 2.51. The van der Waals surface area contributed by atoms with Gasteiger partial charge in [-0.2, -0.15) is 0 Å². The molecule has 0 fully saturated rings. The quantitative estimate of drug-likeness (QED) is 0.758. The number of rotatable bonds is 6. The summed E-state index contributed by atoms with van der Waals surface area (Å²) in [5, 5.41) is 5.89. The van der Waals surface area contributed by atoms with Crippen molar-refractivity contribution in [3.8, 4) is 0 Å². The van der Waals surface area contributed by atoms with Crippen LogP contribution < -0.4 is 10.6 Å². The topological polar surface area (TPSA) is 41.1 Å². The molecule has 1 aromatic carbocycles. The van der Waals surface area contributed by atoms with Crippen molar-refractivity contribution in [2.45, 2.75) is 20.3 Å². The van der Waals surface area contributed by atoms with Crippen LogP contribution in [0, 0.1) is 6.92 Å². The minimum Gasteiger partial charge on any atom is -0.355 e. The molecule has 16 heavy (non-hydrogen) atoms. The van der Waals surface area contributed by atoms with Crippen LogP contribution >= 0.6 is 0 Å². The molecule has 1 amide bonds. The van der Waals surface area contributed by atoms with Gasteiger partial charge in [0, 0.05) is 6.54 Å². The summed E-state index contributed by atoms with van der Waals surface area (Å²) in [6, 6.07) is 8.26. The van der Waals surface area contributed by atoms with Crippen LogP contribution in [-0.2, 0) is 11.2 Å². The molecule has 1 rings (SSSR count). The van der Waals surface area contributed by atoms with Gasteiger partial charge in [-0.25, -0.2) is 0 Å². The highest BCUT2D eigenvalue weighted by Crippen LogP contribution is 2.06. The first-order valence-corrected chi connectivity index (χ1v) is 5.76. The molecular formula is C13H20N2O. The van der Waals surface area contributed by atoms with Gasteiger partial charge in [0.15, 0.2) is 0 Å². The molecular weight excluding hydrogens is 200 g/mol. The van der Waals surface area contributed by atoms with Crippen molar-refractivity contribution >= 4 is 5.91 Å². The van der Waals surface area contributed by atoms with Crippen molar-refractivity contribution in [2.24, 2.45) is 0 Å². The molecule has 0 unspecified atom stereocenters. The predicted molar refractivity (Wildman–Crippen MR) is 66.4 cm³/mol. The first-order chi connectivity index (χ1) is 7.74. The van der Waals surface area contributed by atoms with Gasteiger partial charge in [-0.05, 0) is 31.0 Å². The Bertz CT molecular complexity index is 336. The van der Waals surface area contributed by atoms with Crippen LogP contribution in [0.2, 0.25) is 0 Å². The van der Waals surface area contributed by atoms with Crippen molar-refractivity contribution in [3.05, 3.63) is 35.4 Å². The van der Waals surface area contributed by atoms with Gasteiger partial charge in [-0.1, -0.05) is 31.2 Å². The average Bonchev–Trinajstić information content (AvgIpc) is 2.29. The Kier molecular flexibility index (Phi) is 5.57. The summed E-state index contributed by atoms with van der Waals surface area (Å²) < 4.78 is 0. The number of carbonyl (C=O) groups is 1. The molecule has 1 aromatic rings. The lowest BCUT2D eigenvalue weighted by molar-refractivity contribution is -0.120. The number of amides is 1. The molecule has 0 heterocycles. The van der Waals surface area contributed by atoms with Crippen molar-refractivity contribution in [3.63, 3.8) is 0 Å². The Morgan fingerprint density at radius 2 is 2.06 bits per heavy atom. The summed E-state index contributed by atoms with van der Waals surface area (Å²) in [5.74, 6) is 0.0652. The predicted octanol–water partition coefficient (Wildman–Crippen LogP) is 1.26. The SMILES string of the molecule is CCNCC(=O)NCCc1ccccc1C. The van der Waals surface area contributed by atoms with Crippen LogP contribution in [-0.4, -0.2) is 25.5 Å². The summed E-state index contributed by atoms with van der Waals surface area (Å²) in [6.07, 6.45) is 0.893. The lowest BCUT2D eigenvalue weighted by Gasteiger charge is -2.07. The summed E-state index contributed by atoms with van der Waals surface area (Å²) in [4.78, 5) is 11.3. The Morgan fingerprint density at radius 3 is 2.75 bits per heavy atom. The molecule has 88 valence electrons. The lowest BCUT2D eigenvalue weighted by Crippen LogP contribution is -2.34. The number of aryl methyl sites for hydroxylation is 1. The fourth-order valence-electron chi connectivity index (χ4n) is 1.53. The average molecular weight is 220 g/mol. The highest BCUT2D eigenvalue weighted by Gasteiger charge is 2.00. The van der Waals surface area contributed by atoms with Gasteiger partial charge in [-0.15, -0.1) is 0 Å². The first kappa shape index (κ1) is 12.7. The van der Waals surface area contributed by atoms with Gasteiger partial charge < -0.3 is 10.6 Å². The monoisotopic (exact) mass is 220 g/mol. The summed E-state index contributed by atoms with van der Waals surface area (Å²) >= 11 is 0. The minimum absolute atomic E-state index is 0.0652. The van der Waals surface area contributed by atoms with E-state index in [1.54, 1.807) is 0 Å². The van der Waals surface area contributed by atoms with E-state index in [0.717, 1.165) is 13.0 Å². The Balaban J connectivity index is 2.25. The number of carbonyl (C=O) groups excluding carboxylic acids is 1. The largest absolute Gasteiger partial charge is 0.355 e.